The van der Waals surface area contributed by atoms with Crippen molar-refractivity contribution in [2.75, 3.05) is 19.7 Å². The van der Waals surface area contributed by atoms with Gasteiger partial charge in [0.15, 0.2) is 0 Å². The average molecular weight is 535 g/mol. The summed E-state index contributed by atoms with van der Waals surface area (Å²) >= 11 is 0. The lowest BCUT2D eigenvalue weighted by Crippen LogP contribution is -2.53. The molecule has 38 heavy (non-hydrogen) atoms. The Labute approximate surface area is 224 Å². The highest BCUT2D eigenvalue weighted by atomic mass is 16.6. The van der Waals surface area contributed by atoms with Crippen molar-refractivity contribution in [3.05, 3.63) is 34.9 Å². The molecule has 2 unspecified atom stereocenters. The number of rotatable bonds is 13. The highest BCUT2D eigenvalue weighted by Crippen LogP contribution is 2.27. The zero-order valence-corrected chi connectivity index (χ0v) is 23.5. The van der Waals surface area contributed by atoms with Crippen LogP contribution in [0.4, 0.5) is 4.79 Å². The minimum absolute atomic E-state index is 0.0199. The van der Waals surface area contributed by atoms with Crippen LogP contribution in [0.15, 0.2) is 18.2 Å². The number of carbonyl (C=O) groups excluding carboxylic acids is 5. The van der Waals surface area contributed by atoms with Gasteiger partial charge in [0.2, 0.25) is 17.7 Å². The van der Waals surface area contributed by atoms with Crippen molar-refractivity contribution in [1.82, 2.24) is 15.5 Å². The summed E-state index contributed by atoms with van der Waals surface area (Å²) in [5.41, 5.74) is 6.76. The predicted molar refractivity (Wildman–Crippen MR) is 142 cm³/mol. The number of nitrogens with two attached hydrogens (primary N) is 1. The number of benzene rings is 1. The topological polar surface area (TPSA) is 157 Å². The molecule has 0 radical (unpaired) electrons. The fourth-order valence-corrected chi connectivity index (χ4v) is 3.78. The van der Waals surface area contributed by atoms with Crippen molar-refractivity contribution in [1.29, 1.82) is 0 Å². The molecule has 0 heterocycles. The molecule has 0 saturated heterocycles. The van der Waals surface area contributed by atoms with Crippen molar-refractivity contribution in [3.8, 4) is 0 Å². The fraction of sp³-hybridized carbons (Fsp3) is 0.593. The molecule has 212 valence electrons. The van der Waals surface area contributed by atoms with E-state index >= 15 is 0 Å². The van der Waals surface area contributed by atoms with Gasteiger partial charge in [0.1, 0.15) is 17.7 Å². The van der Waals surface area contributed by atoms with E-state index < -0.39 is 47.5 Å². The molecular formula is C27H42N4O7. The molecule has 2 atom stereocenters. The molecule has 0 aromatic heterocycles. The van der Waals surface area contributed by atoms with Crippen LogP contribution < -0.4 is 16.4 Å². The van der Waals surface area contributed by atoms with Crippen molar-refractivity contribution >= 4 is 29.8 Å². The first-order chi connectivity index (χ1) is 17.7. The molecule has 4 amide bonds. The van der Waals surface area contributed by atoms with Gasteiger partial charge in [-0.15, -0.1) is 0 Å². The van der Waals surface area contributed by atoms with Gasteiger partial charge in [-0.2, -0.15) is 0 Å². The number of hydrogen-bond acceptors (Lipinski definition) is 7. The Morgan fingerprint density at radius 3 is 2.26 bits per heavy atom. The number of primary amides is 1. The van der Waals surface area contributed by atoms with Crippen molar-refractivity contribution in [2.45, 2.75) is 85.4 Å². The first kappa shape index (κ1) is 32.4. The number of ether oxygens (including phenoxy) is 2. The Morgan fingerprint density at radius 1 is 1.05 bits per heavy atom. The van der Waals surface area contributed by atoms with Crippen LogP contribution in [0.3, 0.4) is 0 Å². The number of aryl methyl sites for hydroxylation is 2. The van der Waals surface area contributed by atoms with Crippen molar-refractivity contribution in [2.24, 2.45) is 5.73 Å². The Morgan fingerprint density at radius 2 is 1.71 bits per heavy atom. The van der Waals surface area contributed by atoms with E-state index in [9.17, 15) is 24.0 Å². The molecule has 0 fully saturated rings. The van der Waals surface area contributed by atoms with E-state index in [0.29, 0.717) is 5.56 Å². The van der Waals surface area contributed by atoms with Crippen LogP contribution in [0.5, 0.6) is 0 Å². The normalized spacial score (nSPS) is 12.6. The van der Waals surface area contributed by atoms with E-state index in [1.807, 2.05) is 32.0 Å². The summed E-state index contributed by atoms with van der Waals surface area (Å²) in [6, 6.07) is 3.33. The molecule has 1 aromatic rings. The van der Waals surface area contributed by atoms with Crippen molar-refractivity contribution < 1.29 is 33.4 Å². The van der Waals surface area contributed by atoms with E-state index in [2.05, 4.69) is 10.6 Å². The summed E-state index contributed by atoms with van der Waals surface area (Å²) in [6.07, 6.45) is -1.10. The molecule has 1 rings (SSSR count). The van der Waals surface area contributed by atoms with Crippen LogP contribution in [0, 0.1) is 13.8 Å². The molecule has 0 aliphatic heterocycles. The third kappa shape index (κ3) is 10.8. The SMILES string of the molecule is CCOC(=O)CCNC(=O)C(c1cc(C)ccc1C)N(CC)C(=O)C(CCC(N)=O)NC(=O)OC(C)(C)C. The molecular weight excluding hydrogens is 492 g/mol. The van der Waals surface area contributed by atoms with Crippen LogP contribution >= 0.6 is 0 Å². The quantitative estimate of drug-likeness (QED) is 0.328. The minimum Gasteiger partial charge on any atom is -0.466 e. The number of carbonyl (C=O) groups is 5. The molecule has 0 bridgehead atoms. The third-order valence-electron chi connectivity index (χ3n) is 5.52. The zero-order valence-electron chi connectivity index (χ0n) is 23.5. The largest absolute Gasteiger partial charge is 0.466 e. The average Bonchev–Trinajstić information content (AvgIpc) is 2.80. The molecule has 11 nitrogen and oxygen atoms in total. The highest BCUT2D eigenvalue weighted by Gasteiger charge is 2.36. The number of likely N-dealkylation sites (N-methyl/N-ethyl adjacent to an activating group) is 1. The number of nitrogens with zero attached hydrogens (tertiary/aromatic N) is 1. The second-order valence-corrected chi connectivity index (χ2v) is 9.94. The van der Waals surface area contributed by atoms with Gasteiger partial charge in [0, 0.05) is 19.5 Å². The third-order valence-corrected chi connectivity index (χ3v) is 5.52. The Hall–Kier alpha value is -3.63. The van der Waals surface area contributed by atoms with Gasteiger partial charge in [0.05, 0.1) is 13.0 Å². The van der Waals surface area contributed by atoms with Gasteiger partial charge >= 0.3 is 12.1 Å². The van der Waals surface area contributed by atoms with E-state index in [-0.39, 0.29) is 39.0 Å². The van der Waals surface area contributed by atoms with Gasteiger partial charge in [-0.3, -0.25) is 19.2 Å². The van der Waals surface area contributed by atoms with Crippen LogP contribution in [0.25, 0.3) is 0 Å². The minimum atomic E-state index is -1.17. The summed E-state index contributed by atoms with van der Waals surface area (Å²) in [7, 11) is 0. The molecule has 0 spiro atoms. The van der Waals surface area contributed by atoms with Gasteiger partial charge in [-0.05, 0) is 66.0 Å². The van der Waals surface area contributed by atoms with Crippen LogP contribution in [0.1, 0.15) is 76.6 Å². The number of hydrogen-bond donors (Lipinski definition) is 3. The lowest BCUT2D eigenvalue weighted by atomic mass is 9.96. The van der Waals surface area contributed by atoms with Crippen molar-refractivity contribution in [3.63, 3.8) is 0 Å². The Bertz CT molecular complexity index is 1000. The fourth-order valence-electron chi connectivity index (χ4n) is 3.78. The van der Waals surface area contributed by atoms with Gasteiger partial charge in [0.25, 0.3) is 0 Å². The maximum atomic E-state index is 13.8. The maximum Gasteiger partial charge on any atom is 0.408 e. The Kier molecular flexibility index (Phi) is 12.7. The summed E-state index contributed by atoms with van der Waals surface area (Å²) < 4.78 is 10.2. The maximum absolute atomic E-state index is 13.8. The highest BCUT2D eigenvalue weighted by molar-refractivity contribution is 5.92. The van der Waals surface area contributed by atoms with E-state index in [0.717, 1.165) is 11.1 Å². The number of nitrogens with one attached hydrogen (secondary N) is 2. The molecule has 0 aliphatic rings. The Balaban J connectivity index is 3.38. The lowest BCUT2D eigenvalue weighted by Gasteiger charge is -2.34. The standard InChI is InChI=1S/C27H42N4O7/c1-8-31(25(35)20(12-13-21(28)32)30-26(36)38-27(5,6)7)23(19-16-17(3)10-11-18(19)4)24(34)29-15-14-22(33)37-9-2/h10-11,16,20,23H,8-9,12-15H2,1-7H3,(H2,28,32)(H,29,34)(H,30,36). The smallest absolute Gasteiger partial charge is 0.408 e. The van der Waals surface area contributed by atoms with E-state index in [4.69, 9.17) is 15.2 Å². The van der Waals surface area contributed by atoms with Gasteiger partial charge in [-0.25, -0.2) is 4.79 Å². The number of amides is 4. The monoisotopic (exact) mass is 534 g/mol. The van der Waals surface area contributed by atoms with Crippen LogP contribution in [-0.4, -0.2) is 66.0 Å². The van der Waals surface area contributed by atoms with Gasteiger partial charge < -0.3 is 30.7 Å². The van der Waals surface area contributed by atoms with Crippen LogP contribution in [-0.2, 0) is 28.7 Å². The molecule has 0 aliphatic carbocycles. The molecule has 0 saturated carbocycles. The summed E-state index contributed by atoms with van der Waals surface area (Å²) in [5.74, 6) is -2.16. The summed E-state index contributed by atoms with van der Waals surface area (Å²) in [4.78, 5) is 64.4. The van der Waals surface area contributed by atoms with E-state index in [1.54, 1.807) is 34.6 Å². The molecule has 11 heteroatoms. The summed E-state index contributed by atoms with van der Waals surface area (Å²) in [5, 5.41) is 5.26. The number of esters is 1. The first-order valence-corrected chi connectivity index (χ1v) is 12.8. The second kappa shape index (κ2) is 14.9. The summed E-state index contributed by atoms with van der Waals surface area (Å²) in [6.45, 7) is 12.5. The molecule has 4 N–H and O–H groups in total. The van der Waals surface area contributed by atoms with Gasteiger partial charge in [-0.1, -0.05) is 23.8 Å². The number of alkyl carbamates (subject to hydrolysis) is 1. The zero-order chi connectivity index (χ0) is 29.0. The predicted octanol–water partition coefficient (Wildman–Crippen LogP) is 2.42. The molecule has 1 aromatic carbocycles. The first-order valence-electron chi connectivity index (χ1n) is 12.8. The van der Waals surface area contributed by atoms with Crippen LogP contribution in [0.2, 0.25) is 0 Å². The second-order valence-electron chi connectivity index (χ2n) is 9.94. The lowest BCUT2D eigenvalue weighted by molar-refractivity contribution is -0.144. The van der Waals surface area contributed by atoms with E-state index in [1.165, 1.54) is 4.90 Å².